The molecule has 0 fully saturated rings. The van der Waals surface area contributed by atoms with Crippen molar-refractivity contribution < 1.29 is 18.7 Å². The molecule has 1 aromatic rings. The Bertz CT molecular complexity index is 522. The molecule has 0 heterocycles. The first-order valence-electron chi connectivity index (χ1n) is 8.03. The van der Waals surface area contributed by atoms with Gasteiger partial charge in [0, 0.05) is 12.1 Å². The first-order chi connectivity index (χ1) is 11.5. The van der Waals surface area contributed by atoms with Crippen molar-refractivity contribution >= 4 is 17.3 Å². The maximum absolute atomic E-state index is 14.0. The molecule has 4 nitrogen and oxygen atoms in total. The van der Waals surface area contributed by atoms with Gasteiger partial charge in [-0.1, -0.05) is 29.4 Å². The molecule has 0 radical (unpaired) electrons. The quantitative estimate of drug-likeness (QED) is 0.218. The highest BCUT2D eigenvalue weighted by Gasteiger charge is 2.11. The number of unbranched alkanes of at least 4 members (excludes halogenated alkanes) is 3. The number of nitrogens with zero attached hydrogens (tertiary/aromatic N) is 1. The molecule has 0 bridgehead atoms. The smallest absolute Gasteiger partial charge is 0.173 e. The minimum Gasteiger partial charge on any atom is -0.489 e. The van der Waals surface area contributed by atoms with Crippen LogP contribution in [0.15, 0.2) is 29.9 Å². The Balaban J connectivity index is 2.25. The van der Waals surface area contributed by atoms with Gasteiger partial charge in [-0.2, -0.15) is 0 Å². The largest absolute Gasteiger partial charge is 0.489 e. The molecule has 1 rings (SSSR count). The molecule has 0 amide bonds. The van der Waals surface area contributed by atoms with E-state index in [-0.39, 0.29) is 10.8 Å². The van der Waals surface area contributed by atoms with Gasteiger partial charge in [0.25, 0.3) is 0 Å². The lowest BCUT2D eigenvalue weighted by Crippen LogP contribution is -2.01. The molecule has 0 saturated carbocycles. The highest BCUT2D eigenvalue weighted by Crippen LogP contribution is 2.32. The van der Waals surface area contributed by atoms with Gasteiger partial charge in [-0.3, -0.25) is 0 Å². The van der Waals surface area contributed by atoms with E-state index in [0.29, 0.717) is 25.6 Å². The summed E-state index contributed by atoms with van der Waals surface area (Å²) in [5, 5.41) is 4.07. The van der Waals surface area contributed by atoms with Crippen LogP contribution in [0.25, 0.3) is 0 Å². The van der Waals surface area contributed by atoms with E-state index < -0.39 is 5.82 Å². The molecule has 0 N–H and O–H groups in total. The standard InChI is InChI=1S/C18H25ClFNO3/c1-4-9-22-15-12-16(19)18(17(20)13-15)23-10-7-5-6-8-11-24-21-14(2)3/h4,12-13H,1,5-11H2,2-3H3. The average Bonchev–Trinajstić information content (AvgIpc) is 2.53. The van der Waals surface area contributed by atoms with Crippen LogP contribution in [-0.2, 0) is 4.84 Å². The monoisotopic (exact) mass is 357 g/mol. The average molecular weight is 358 g/mol. The first-order valence-corrected chi connectivity index (χ1v) is 8.41. The van der Waals surface area contributed by atoms with Crippen molar-refractivity contribution in [2.75, 3.05) is 19.8 Å². The summed E-state index contributed by atoms with van der Waals surface area (Å²) in [6, 6.07) is 2.80. The highest BCUT2D eigenvalue weighted by atomic mass is 35.5. The molecule has 0 aliphatic carbocycles. The summed E-state index contributed by atoms with van der Waals surface area (Å²) in [5.41, 5.74) is 0.906. The lowest BCUT2D eigenvalue weighted by Gasteiger charge is -2.11. The predicted octanol–water partition coefficient (Wildman–Crippen LogP) is 5.40. The maximum Gasteiger partial charge on any atom is 0.173 e. The topological polar surface area (TPSA) is 40.0 Å². The molecular formula is C18H25ClFNO3. The second-order valence-electron chi connectivity index (χ2n) is 5.45. The van der Waals surface area contributed by atoms with Crippen molar-refractivity contribution in [3.05, 3.63) is 35.6 Å². The molecule has 0 spiro atoms. The van der Waals surface area contributed by atoms with Crippen LogP contribution in [0.4, 0.5) is 4.39 Å². The molecular weight excluding hydrogens is 333 g/mol. The molecule has 0 unspecified atom stereocenters. The Kier molecular flexibility index (Phi) is 9.92. The van der Waals surface area contributed by atoms with E-state index >= 15 is 0 Å². The number of ether oxygens (including phenoxy) is 2. The fourth-order valence-electron chi connectivity index (χ4n) is 1.88. The van der Waals surface area contributed by atoms with Crippen molar-refractivity contribution in [2.24, 2.45) is 5.16 Å². The van der Waals surface area contributed by atoms with Crippen LogP contribution in [-0.4, -0.2) is 25.5 Å². The summed E-state index contributed by atoms with van der Waals surface area (Å²) in [4.78, 5) is 5.11. The van der Waals surface area contributed by atoms with Crippen LogP contribution < -0.4 is 9.47 Å². The Morgan fingerprint density at radius 2 is 1.88 bits per heavy atom. The number of hydrogen-bond acceptors (Lipinski definition) is 4. The molecule has 0 saturated heterocycles. The fourth-order valence-corrected chi connectivity index (χ4v) is 2.14. The van der Waals surface area contributed by atoms with Gasteiger partial charge in [-0.15, -0.1) is 0 Å². The zero-order valence-electron chi connectivity index (χ0n) is 14.3. The van der Waals surface area contributed by atoms with Crippen molar-refractivity contribution in [3.8, 4) is 11.5 Å². The molecule has 24 heavy (non-hydrogen) atoms. The van der Waals surface area contributed by atoms with Crippen LogP contribution >= 0.6 is 11.6 Å². The van der Waals surface area contributed by atoms with Gasteiger partial charge in [0.15, 0.2) is 11.6 Å². The van der Waals surface area contributed by atoms with Crippen molar-refractivity contribution in [2.45, 2.75) is 39.5 Å². The lowest BCUT2D eigenvalue weighted by atomic mass is 10.2. The predicted molar refractivity (Wildman–Crippen MR) is 95.8 cm³/mol. The summed E-state index contributed by atoms with van der Waals surface area (Å²) >= 11 is 6.04. The summed E-state index contributed by atoms with van der Waals surface area (Å²) in [5.74, 6) is -0.101. The van der Waals surface area contributed by atoms with Crippen LogP contribution in [0.3, 0.4) is 0 Å². The van der Waals surface area contributed by atoms with Gasteiger partial charge < -0.3 is 14.3 Å². The van der Waals surface area contributed by atoms with Crippen LogP contribution in [0.5, 0.6) is 11.5 Å². The SMILES string of the molecule is C=CCOc1cc(F)c(OCCCCCCON=C(C)C)c(Cl)c1. The van der Waals surface area contributed by atoms with E-state index in [0.717, 1.165) is 31.4 Å². The van der Waals surface area contributed by atoms with Gasteiger partial charge >= 0.3 is 0 Å². The third-order valence-electron chi connectivity index (χ3n) is 2.96. The summed E-state index contributed by atoms with van der Waals surface area (Å²) in [6.07, 6.45) is 5.31. The van der Waals surface area contributed by atoms with Gasteiger partial charge in [0.05, 0.1) is 17.3 Å². The number of hydrogen-bond donors (Lipinski definition) is 0. The van der Waals surface area contributed by atoms with Crippen molar-refractivity contribution in [1.29, 1.82) is 0 Å². The molecule has 134 valence electrons. The minimum absolute atomic E-state index is 0.0683. The Morgan fingerprint density at radius 3 is 2.50 bits per heavy atom. The van der Waals surface area contributed by atoms with E-state index in [9.17, 15) is 4.39 Å². The van der Waals surface area contributed by atoms with Crippen molar-refractivity contribution in [3.63, 3.8) is 0 Å². The van der Waals surface area contributed by atoms with Gasteiger partial charge in [0.2, 0.25) is 0 Å². The van der Waals surface area contributed by atoms with E-state index in [2.05, 4.69) is 11.7 Å². The third kappa shape index (κ3) is 8.20. The highest BCUT2D eigenvalue weighted by molar-refractivity contribution is 6.32. The number of oxime groups is 1. The molecule has 6 heteroatoms. The summed E-state index contributed by atoms with van der Waals surface area (Å²) in [6.45, 7) is 8.63. The Morgan fingerprint density at radius 1 is 1.17 bits per heavy atom. The molecule has 0 aliphatic heterocycles. The Hall–Kier alpha value is -1.75. The van der Waals surface area contributed by atoms with Gasteiger partial charge in [-0.05, 0) is 39.5 Å². The van der Waals surface area contributed by atoms with E-state index in [1.165, 1.54) is 12.1 Å². The zero-order valence-corrected chi connectivity index (χ0v) is 15.1. The van der Waals surface area contributed by atoms with E-state index in [1.54, 1.807) is 6.08 Å². The zero-order chi connectivity index (χ0) is 17.8. The summed E-state index contributed by atoms with van der Waals surface area (Å²) in [7, 11) is 0. The fraction of sp³-hybridized carbons (Fsp3) is 0.500. The maximum atomic E-state index is 14.0. The number of halogens is 2. The van der Waals surface area contributed by atoms with Gasteiger partial charge in [-0.25, -0.2) is 4.39 Å². The van der Waals surface area contributed by atoms with Gasteiger partial charge in [0.1, 0.15) is 19.0 Å². The molecule has 0 aliphatic rings. The number of benzene rings is 1. The lowest BCUT2D eigenvalue weighted by molar-refractivity contribution is 0.139. The van der Waals surface area contributed by atoms with Crippen LogP contribution in [0.1, 0.15) is 39.5 Å². The molecule has 0 atom stereocenters. The number of rotatable bonds is 12. The van der Waals surface area contributed by atoms with Crippen molar-refractivity contribution in [1.82, 2.24) is 0 Å². The Labute approximate surface area is 148 Å². The first kappa shape index (κ1) is 20.3. The van der Waals surface area contributed by atoms with E-state index in [1.807, 2.05) is 13.8 Å². The molecule has 0 aromatic heterocycles. The van der Waals surface area contributed by atoms with Crippen LogP contribution in [0.2, 0.25) is 5.02 Å². The normalized spacial score (nSPS) is 10.2. The summed E-state index contributed by atoms with van der Waals surface area (Å²) < 4.78 is 24.7. The second kappa shape index (κ2) is 11.7. The van der Waals surface area contributed by atoms with E-state index in [4.69, 9.17) is 25.9 Å². The second-order valence-corrected chi connectivity index (χ2v) is 5.86. The minimum atomic E-state index is -0.525. The third-order valence-corrected chi connectivity index (χ3v) is 3.24. The van der Waals surface area contributed by atoms with Crippen LogP contribution in [0, 0.1) is 5.82 Å². The molecule has 1 aromatic carbocycles.